The fourth-order valence-corrected chi connectivity index (χ4v) is 9.98. The summed E-state index contributed by atoms with van der Waals surface area (Å²) in [6.07, 6.45) is -2.27. The lowest BCUT2D eigenvalue weighted by molar-refractivity contribution is -0.138. The van der Waals surface area contributed by atoms with E-state index in [0.717, 1.165) is 12.8 Å². The second kappa shape index (κ2) is 16.9. The van der Waals surface area contributed by atoms with E-state index in [1.54, 1.807) is 26.0 Å². The van der Waals surface area contributed by atoms with Crippen molar-refractivity contribution in [2.75, 3.05) is 60.9 Å². The minimum atomic E-state index is -4.73. The SMILES string of the molecule is Cc1cc(S(=O)(=O)N[C@@H]2CCN(CC3CCN(c4ccc(C5CCC(=O)NC5=O)cc4F)CC3)C[C@H]2F)ccc1Nc1ncc(C(F)(F)F)c(N2CCC[C@](C)(O)C2)n1. The van der Waals surface area contributed by atoms with Crippen molar-refractivity contribution in [1.29, 1.82) is 0 Å². The normalized spacial score (nSPS) is 25.3. The highest BCUT2D eigenvalue weighted by Gasteiger charge is 2.40. The number of imide groups is 1. The average molecular weight is 849 g/mol. The van der Waals surface area contributed by atoms with Crippen molar-refractivity contribution in [3.8, 4) is 0 Å². The lowest BCUT2D eigenvalue weighted by atomic mass is 9.90. The minimum Gasteiger partial charge on any atom is -0.388 e. The van der Waals surface area contributed by atoms with Crippen LogP contribution in [0.1, 0.15) is 74.5 Å². The van der Waals surface area contributed by atoms with Gasteiger partial charge in [-0.3, -0.25) is 14.9 Å². The molecule has 320 valence electrons. The molecule has 1 aromatic heterocycles. The predicted octanol–water partition coefficient (Wildman–Crippen LogP) is 5.17. The van der Waals surface area contributed by atoms with E-state index in [1.165, 1.54) is 29.2 Å². The molecule has 0 saturated carbocycles. The molecule has 7 rings (SSSR count). The summed E-state index contributed by atoms with van der Waals surface area (Å²) in [5, 5.41) is 15.7. The van der Waals surface area contributed by atoms with E-state index in [9.17, 15) is 36.3 Å². The first kappa shape index (κ1) is 42.7. The Hall–Kier alpha value is -4.46. The molecule has 59 heavy (non-hydrogen) atoms. The standard InChI is InChI=1S/C40H49F5N8O5S/c1-24-18-27(5-7-32(24)47-38-46-20-29(40(43,44)45)36(49-38)53-14-3-13-39(2,56)23-53)59(57,58)50-33-12-15-51(22-31(33)42)21-25-10-16-52(17-11-25)34-8-4-26(19-30(34)41)28-6-9-35(54)48-37(28)55/h4-5,7-8,18-20,25,28,31,33,50,56H,3,6,9-17,21-23H2,1-2H3,(H,46,47,49)(H,48,54,55)/t28?,31-,33-,39+/m1/s1. The number of alkyl halides is 4. The van der Waals surface area contributed by atoms with E-state index in [1.807, 2.05) is 9.80 Å². The molecule has 4 saturated heterocycles. The average Bonchev–Trinajstić information content (AvgIpc) is 3.16. The molecule has 4 atom stereocenters. The first-order valence-electron chi connectivity index (χ1n) is 19.9. The van der Waals surface area contributed by atoms with Crippen molar-refractivity contribution in [3.05, 3.63) is 65.1 Å². The number of nitrogens with zero attached hydrogens (tertiary/aromatic N) is 5. The Labute approximate surface area is 339 Å². The number of carbonyl (C=O) groups excluding carboxylic acids is 2. The fraction of sp³-hybridized carbons (Fsp3) is 0.550. The van der Waals surface area contributed by atoms with Crippen LogP contribution in [-0.2, 0) is 25.8 Å². The van der Waals surface area contributed by atoms with E-state index in [0.29, 0.717) is 74.1 Å². The van der Waals surface area contributed by atoms with Crippen LogP contribution in [0.2, 0.25) is 0 Å². The van der Waals surface area contributed by atoms with Gasteiger partial charge in [-0.15, -0.1) is 0 Å². The van der Waals surface area contributed by atoms with Crippen molar-refractivity contribution < 1.29 is 45.1 Å². The number of anilines is 4. The van der Waals surface area contributed by atoms with E-state index < -0.39 is 57.2 Å². The second-order valence-electron chi connectivity index (χ2n) is 16.5. The highest BCUT2D eigenvalue weighted by Crippen LogP contribution is 2.38. The number of carbonyl (C=O) groups is 2. The molecule has 4 fully saturated rings. The number of sulfonamides is 1. The van der Waals surface area contributed by atoms with Crippen LogP contribution in [0.15, 0.2) is 47.5 Å². The summed E-state index contributed by atoms with van der Waals surface area (Å²) in [7, 11) is -4.15. The number of benzene rings is 2. The largest absolute Gasteiger partial charge is 0.421 e. The maximum atomic E-state index is 15.6. The number of aliphatic hydroxyl groups is 1. The Kier molecular flexibility index (Phi) is 12.2. The molecule has 3 aromatic rings. The van der Waals surface area contributed by atoms with Crippen molar-refractivity contribution in [1.82, 2.24) is 24.9 Å². The van der Waals surface area contributed by atoms with Crippen LogP contribution in [0, 0.1) is 18.7 Å². The molecule has 5 heterocycles. The fourth-order valence-electron chi connectivity index (χ4n) is 8.60. The predicted molar refractivity (Wildman–Crippen MR) is 210 cm³/mol. The second-order valence-corrected chi connectivity index (χ2v) is 18.2. The molecule has 0 radical (unpaired) electrons. The Bertz CT molecular complexity index is 2170. The molecular weight excluding hydrogens is 800 g/mol. The lowest BCUT2D eigenvalue weighted by Gasteiger charge is -2.39. The number of rotatable bonds is 10. The van der Waals surface area contributed by atoms with E-state index >= 15 is 8.78 Å². The van der Waals surface area contributed by atoms with Gasteiger partial charge in [0.05, 0.1) is 28.1 Å². The van der Waals surface area contributed by atoms with Gasteiger partial charge in [0, 0.05) is 57.6 Å². The Morgan fingerprint density at radius 2 is 1.78 bits per heavy atom. The Balaban J connectivity index is 0.910. The summed E-state index contributed by atoms with van der Waals surface area (Å²) >= 11 is 0. The van der Waals surface area contributed by atoms with Crippen molar-refractivity contribution >= 4 is 45.0 Å². The highest BCUT2D eigenvalue weighted by molar-refractivity contribution is 7.89. The van der Waals surface area contributed by atoms with Gasteiger partial charge >= 0.3 is 6.18 Å². The molecule has 2 amide bonds. The summed E-state index contributed by atoms with van der Waals surface area (Å²) < 4.78 is 102. The van der Waals surface area contributed by atoms with Crippen LogP contribution in [0.5, 0.6) is 0 Å². The third-order valence-electron chi connectivity index (χ3n) is 11.8. The van der Waals surface area contributed by atoms with Crippen molar-refractivity contribution in [2.24, 2.45) is 5.92 Å². The molecule has 1 unspecified atom stereocenters. The third-order valence-corrected chi connectivity index (χ3v) is 13.3. The van der Waals surface area contributed by atoms with Crippen LogP contribution in [0.25, 0.3) is 0 Å². The molecule has 4 aliphatic heterocycles. The number of likely N-dealkylation sites (tertiary alicyclic amines) is 1. The zero-order chi connectivity index (χ0) is 42.3. The van der Waals surface area contributed by atoms with E-state index in [4.69, 9.17) is 0 Å². The molecule has 0 spiro atoms. The zero-order valence-corrected chi connectivity index (χ0v) is 33.7. The maximum absolute atomic E-state index is 15.6. The highest BCUT2D eigenvalue weighted by atomic mass is 32.2. The van der Waals surface area contributed by atoms with Gasteiger partial charge in [-0.2, -0.15) is 18.2 Å². The summed E-state index contributed by atoms with van der Waals surface area (Å²) in [5.74, 6) is -1.99. The smallest absolute Gasteiger partial charge is 0.388 e. The summed E-state index contributed by atoms with van der Waals surface area (Å²) in [6, 6.07) is 7.98. The topological polar surface area (TPSA) is 160 Å². The summed E-state index contributed by atoms with van der Waals surface area (Å²) in [4.78, 5) is 37.0. The van der Waals surface area contributed by atoms with Gasteiger partial charge in [0.2, 0.25) is 27.8 Å². The number of halogens is 5. The third kappa shape index (κ3) is 9.95. The van der Waals surface area contributed by atoms with E-state index in [2.05, 4.69) is 25.3 Å². The maximum Gasteiger partial charge on any atom is 0.421 e. The number of β-amino-alcohol motifs (C(OH)–C–C–N with tert-alkyl or cyclic N) is 1. The van der Waals surface area contributed by atoms with Gasteiger partial charge < -0.3 is 25.1 Å². The van der Waals surface area contributed by atoms with Crippen molar-refractivity contribution in [2.45, 2.75) is 93.6 Å². The Morgan fingerprint density at radius 3 is 2.44 bits per heavy atom. The van der Waals surface area contributed by atoms with Crippen LogP contribution >= 0.6 is 0 Å². The molecule has 2 aromatic carbocycles. The van der Waals surface area contributed by atoms with E-state index in [-0.39, 0.29) is 61.0 Å². The first-order valence-corrected chi connectivity index (χ1v) is 21.4. The van der Waals surface area contributed by atoms with Gasteiger partial charge in [-0.05, 0) is 106 Å². The summed E-state index contributed by atoms with van der Waals surface area (Å²) in [6.45, 7) is 5.77. The number of nitrogens with one attached hydrogen (secondary N) is 3. The first-order chi connectivity index (χ1) is 27.8. The quantitative estimate of drug-likeness (QED) is 0.158. The Morgan fingerprint density at radius 1 is 1.02 bits per heavy atom. The van der Waals surface area contributed by atoms with Gasteiger partial charge in [0.25, 0.3) is 0 Å². The number of hydrogen-bond acceptors (Lipinski definition) is 11. The number of amides is 2. The van der Waals surface area contributed by atoms with Gasteiger partial charge in [0.15, 0.2) is 0 Å². The van der Waals surface area contributed by atoms with Crippen LogP contribution < -0.4 is 25.2 Å². The molecule has 4 N–H and O–H groups in total. The number of aromatic nitrogens is 2. The molecule has 4 aliphatic rings. The molecule has 19 heteroatoms. The molecule has 0 bridgehead atoms. The zero-order valence-electron chi connectivity index (χ0n) is 32.9. The lowest BCUT2D eigenvalue weighted by Crippen LogP contribution is -2.53. The van der Waals surface area contributed by atoms with Gasteiger partial charge in [0.1, 0.15) is 23.4 Å². The van der Waals surface area contributed by atoms with Crippen molar-refractivity contribution in [3.63, 3.8) is 0 Å². The molecule has 0 aliphatic carbocycles. The van der Waals surface area contributed by atoms with Crippen LogP contribution in [-0.4, -0.2) is 104 Å². The van der Waals surface area contributed by atoms with Crippen LogP contribution in [0.3, 0.4) is 0 Å². The summed E-state index contributed by atoms with van der Waals surface area (Å²) in [5.41, 5.74) is -0.445. The number of aryl methyl sites for hydroxylation is 1. The van der Waals surface area contributed by atoms with Gasteiger partial charge in [-0.25, -0.2) is 26.9 Å². The molecule has 13 nitrogen and oxygen atoms in total. The minimum absolute atomic E-state index is 0.0401. The van der Waals surface area contributed by atoms with Gasteiger partial charge in [-0.1, -0.05) is 6.07 Å². The number of hydrogen-bond donors (Lipinski definition) is 4. The number of piperidine rings is 4. The van der Waals surface area contributed by atoms with Crippen LogP contribution in [0.4, 0.5) is 45.1 Å². The molecular formula is C40H49F5N8O5S. The monoisotopic (exact) mass is 848 g/mol.